The number of halogens is 4. The van der Waals surface area contributed by atoms with Gasteiger partial charge in [-0.3, -0.25) is 13.9 Å². The average molecular weight is 700 g/mol. The molecule has 0 radical (unpaired) electrons. The summed E-state index contributed by atoms with van der Waals surface area (Å²) in [5.74, 6) is -1.27. The van der Waals surface area contributed by atoms with Crippen molar-refractivity contribution in [3.63, 3.8) is 0 Å². The van der Waals surface area contributed by atoms with E-state index in [0.29, 0.717) is 22.4 Å². The van der Waals surface area contributed by atoms with Crippen LogP contribution < -0.4 is 9.62 Å². The van der Waals surface area contributed by atoms with Gasteiger partial charge in [-0.1, -0.05) is 91.3 Å². The smallest absolute Gasteiger partial charge is 0.352 e. The van der Waals surface area contributed by atoms with Gasteiger partial charge in [-0.2, -0.15) is 13.2 Å². The first-order valence-corrected chi connectivity index (χ1v) is 17.2. The number of nitrogens with zero attached hydrogens (tertiary/aromatic N) is 2. The largest absolute Gasteiger partial charge is 0.416 e. The van der Waals surface area contributed by atoms with Gasteiger partial charge in [0, 0.05) is 19.0 Å². The third-order valence-electron chi connectivity index (χ3n) is 8.03. The van der Waals surface area contributed by atoms with Crippen LogP contribution >= 0.6 is 11.6 Å². The number of hydrogen-bond donors (Lipinski definition) is 1. The van der Waals surface area contributed by atoms with Crippen LogP contribution in [-0.4, -0.2) is 43.8 Å². The Morgan fingerprint density at radius 2 is 1.50 bits per heavy atom. The highest BCUT2D eigenvalue weighted by Crippen LogP contribution is 2.37. The second-order valence-corrected chi connectivity index (χ2v) is 13.7. The SMILES string of the molecule is CC[C@@H](C)NC(=O)[C@@H](Cc1ccccc1)N(Cc1ccccc1C)C(=O)CN(c1cc(C(F)(F)F)ccc1Cl)S(=O)(=O)c1ccccc1. The van der Waals surface area contributed by atoms with E-state index in [1.165, 1.54) is 29.2 Å². The summed E-state index contributed by atoms with van der Waals surface area (Å²) < 4.78 is 70.4. The Labute approximate surface area is 284 Å². The fraction of sp³-hybridized carbons (Fsp3) is 0.278. The van der Waals surface area contributed by atoms with E-state index in [-0.39, 0.29) is 28.9 Å². The summed E-state index contributed by atoms with van der Waals surface area (Å²) >= 11 is 6.38. The number of aryl methyl sites for hydroxylation is 1. The fourth-order valence-corrected chi connectivity index (χ4v) is 6.79. The summed E-state index contributed by atoms with van der Waals surface area (Å²) in [6.07, 6.45) is -4.11. The van der Waals surface area contributed by atoms with Crippen LogP contribution in [0.4, 0.5) is 18.9 Å². The van der Waals surface area contributed by atoms with Crippen LogP contribution in [0, 0.1) is 6.92 Å². The second-order valence-electron chi connectivity index (χ2n) is 11.5. The van der Waals surface area contributed by atoms with Gasteiger partial charge >= 0.3 is 6.18 Å². The number of carbonyl (C=O) groups excluding carboxylic acids is 2. The Hall–Kier alpha value is -4.35. The molecule has 0 aliphatic rings. The third-order valence-corrected chi connectivity index (χ3v) is 10.1. The van der Waals surface area contributed by atoms with Gasteiger partial charge < -0.3 is 10.2 Å². The average Bonchev–Trinajstić information content (AvgIpc) is 3.06. The Morgan fingerprint density at radius 3 is 2.10 bits per heavy atom. The van der Waals surface area contributed by atoms with Crippen LogP contribution in [-0.2, 0) is 38.8 Å². The molecule has 0 aliphatic heterocycles. The molecule has 0 aromatic heterocycles. The minimum atomic E-state index is -4.82. The van der Waals surface area contributed by atoms with E-state index in [1.807, 2.05) is 51.1 Å². The molecule has 2 amide bonds. The lowest BCUT2D eigenvalue weighted by Crippen LogP contribution is -2.54. The lowest BCUT2D eigenvalue weighted by Gasteiger charge is -2.35. The molecule has 0 unspecified atom stereocenters. The molecule has 0 fully saturated rings. The summed E-state index contributed by atoms with van der Waals surface area (Å²) in [7, 11) is -4.64. The highest BCUT2D eigenvalue weighted by Gasteiger charge is 2.37. The van der Waals surface area contributed by atoms with E-state index in [4.69, 9.17) is 11.6 Å². The first-order chi connectivity index (χ1) is 22.7. The molecule has 4 aromatic carbocycles. The van der Waals surface area contributed by atoms with Crippen molar-refractivity contribution in [1.29, 1.82) is 0 Å². The number of benzene rings is 4. The first-order valence-electron chi connectivity index (χ1n) is 15.3. The fourth-order valence-electron chi connectivity index (χ4n) is 5.08. The van der Waals surface area contributed by atoms with Crippen molar-refractivity contribution in [2.24, 2.45) is 0 Å². The van der Waals surface area contributed by atoms with Crippen molar-refractivity contribution in [2.45, 2.75) is 63.3 Å². The summed E-state index contributed by atoms with van der Waals surface area (Å²) in [6, 6.07) is 24.3. The van der Waals surface area contributed by atoms with Gasteiger partial charge in [0.2, 0.25) is 11.8 Å². The molecule has 0 bridgehead atoms. The highest BCUT2D eigenvalue weighted by molar-refractivity contribution is 7.92. The number of anilines is 1. The van der Waals surface area contributed by atoms with Crippen molar-refractivity contribution >= 4 is 39.1 Å². The van der Waals surface area contributed by atoms with Gasteiger partial charge in [0.05, 0.1) is 21.2 Å². The second kappa shape index (κ2) is 15.7. The van der Waals surface area contributed by atoms with E-state index < -0.39 is 51.9 Å². The van der Waals surface area contributed by atoms with E-state index in [2.05, 4.69) is 5.32 Å². The standard InChI is InChI=1S/C36H37ClF3N3O4S/c1-4-26(3)41-35(45)33(21-27-14-7-5-8-15-27)42(23-28-16-12-11-13-25(28)2)34(44)24-43(48(46,47)30-17-9-6-10-18-30)32-22-29(36(38,39)40)19-20-31(32)37/h5-20,22,26,33H,4,21,23-24H2,1-3H3,(H,41,45)/t26-,33-/m1/s1. The van der Waals surface area contributed by atoms with Gasteiger partial charge in [0.1, 0.15) is 12.6 Å². The Balaban J connectivity index is 1.88. The molecule has 4 aromatic rings. The molecule has 254 valence electrons. The highest BCUT2D eigenvalue weighted by atomic mass is 35.5. The minimum Gasteiger partial charge on any atom is -0.352 e. The normalized spacial score (nSPS) is 13.0. The maximum Gasteiger partial charge on any atom is 0.416 e. The predicted molar refractivity (Wildman–Crippen MR) is 181 cm³/mol. The quantitative estimate of drug-likeness (QED) is 0.157. The molecule has 0 heterocycles. The van der Waals surface area contributed by atoms with E-state index in [1.54, 1.807) is 30.3 Å². The number of hydrogen-bond acceptors (Lipinski definition) is 4. The van der Waals surface area contributed by atoms with Crippen LogP contribution in [0.2, 0.25) is 5.02 Å². The number of alkyl halides is 3. The Bertz CT molecular complexity index is 1820. The lowest BCUT2D eigenvalue weighted by molar-refractivity contribution is -0.140. The first kappa shape index (κ1) is 36.5. The summed E-state index contributed by atoms with van der Waals surface area (Å²) in [4.78, 5) is 29.6. The van der Waals surface area contributed by atoms with Gasteiger partial charge in [-0.25, -0.2) is 8.42 Å². The number of sulfonamides is 1. The predicted octanol–water partition coefficient (Wildman–Crippen LogP) is 7.42. The van der Waals surface area contributed by atoms with Crippen molar-refractivity contribution in [2.75, 3.05) is 10.8 Å². The molecule has 1 N–H and O–H groups in total. The van der Waals surface area contributed by atoms with Gasteiger partial charge in [-0.15, -0.1) is 0 Å². The van der Waals surface area contributed by atoms with E-state index >= 15 is 0 Å². The van der Waals surface area contributed by atoms with Crippen LogP contribution in [0.3, 0.4) is 0 Å². The zero-order valence-electron chi connectivity index (χ0n) is 26.7. The topological polar surface area (TPSA) is 86.8 Å². The molecule has 0 saturated carbocycles. The van der Waals surface area contributed by atoms with Crippen LogP contribution in [0.5, 0.6) is 0 Å². The summed E-state index contributed by atoms with van der Waals surface area (Å²) in [5.41, 5.74) is 0.608. The van der Waals surface area contributed by atoms with Crippen molar-refractivity contribution in [1.82, 2.24) is 10.2 Å². The number of rotatable bonds is 13. The molecular formula is C36H37ClF3N3O4S. The zero-order chi connectivity index (χ0) is 35.1. The third kappa shape index (κ3) is 8.96. The molecule has 2 atom stereocenters. The summed E-state index contributed by atoms with van der Waals surface area (Å²) in [6.45, 7) is 4.56. The molecule has 4 rings (SSSR count). The zero-order valence-corrected chi connectivity index (χ0v) is 28.3. The number of nitrogens with one attached hydrogen (secondary N) is 1. The van der Waals surface area contributed by atoms with Crippen molar-refractivity contribution in [3.8, 4) is 0 Å². The van der Waals surface area contributed by atoms with Crippen molar-refractivity contribution in [3.05, 3.63) is 130 Å². The van der Waals surface area contributed by atoms with Crippen molar-refractivity contribution < 1.29 is 31.2 Å². The van der Waals surface area contributed by atoms with Crippen LogP contribution in [0.25, 0.3) is 0 Å². The van der Waals surface area contributed by atoms with E-state index in [9.17, 15) is 31.2 Å². The molecule has 0 spiro atoms. The lowest BCUT2D eigenvalue weighted by atomic mass is 10.0. The maximum absolute atomic E-state index is 14.6. The van der Waals surface area contributed by atoms with Gasteiger partial charge in [0.25, 0.3) is 10.0 Å². The number of amides is 2. The number of carbonyl (C=O) groups is 2. The van der Waals surface area contributed by atoms with Crippen LogP contribution in [0.15, 0.2) is 108 Å². The molecular weight excluding hydrogens is 663 g/mol. The maximum atomic E-state index is 14.6. The van der Waals surface area contributed by atoms with E-state index in [0.717, 1.165) is 23.3 Å². The molecule has 0 saturated heterocycles. The summed E-state index contributed by atoms with van der Waals surface area (Å²) in [5, 5.41) is 2.64. The van der Waals surface area contributed by atoms with Crippen LogP contribution in [0.1, 0.15) is 42.5 Å². The Morgan fingerprint density at radius 1 is 0.896 bits per heavy atom. The molecule has 7 nitrogen and oxygen atoms in total. The molecule has 0 aliphatic carbocycles. The molecule has 12 heteroatoms. The van der Waals surface area contributed by atoms with Gasteiger partial charge in [-0.05, 0) is 67.3 Å². The Kier molecular flexibility index (Phi) is 11.9. The monoisotopic (exact) mass is 699 g/mol. The van der Waals surface area contributed by atoms with Gasteiger partial charge in [0.15, 0.2) is 0 Å². The molecule has 48 heavy (non-hydrogen) atoms. The minimum absolute atomic E-state index is 0.0769.